The predicted octanol–water partition coefficient (Wildman–Crippen LogP) is -0.392. The van der Waals surface area contributed by atoms with E-state index < -0.39 is 21.8 Å². The number of nitrogens with zero attached hydrogens (tertiary/aromatic N) is 2. The lowest BCUT2D eigenvalue weighted by atomic mass is 10.1. The first-order valence-corrected chi connectivity index (χ1v) is 8.38. The zero-order valence-corrected chi connectivity index (χ0v) is 12.2. The minimum atomic E-state index is -3.28. The highest BCUT2D eigenvalue weighted by Gasteiger charge is 2.37. The Morgan fingerprint density at radius 2 is 1.79 bits per heavy atom. The Morgan fingerprint density at radius 3 is 2.37 bits per heavy atom. The standard InChI is InChI=1S/C12H23N3O3S/c1-14-6-7-15(9-10(8-14)12(13)16)19(17,18)11-4-2-3-5-11/h10-11H,2-9H2,1H3,(H2,13,16)/t10-/m1/s1. The monoisotopic (exact) mass is 289 g/mol. The first kappa shape index (κ1) is 14.7. The molecule has 2 N–H and O–H groups in total. The van der Waals surface area contributed by atoms with Gasteiger partial charge in [-0.3, -0.25) is 4.79 Å². The molecule has 1 atom stereocenters. The van der Waals surface area contributed by atoms with Gasteiger partial charge in [0.25, 0.3) is 0 Å². The van der Waals surface area contributed by atoms with Crippen molar-refractivity contribution < 1.29 is 13.2 Å². The first-order chi connectivity index (χ1) is 8.91. The van der Waals surface area contributed by atoms with Crippen LogP contribution in [0.15, 0.2) is 0 Å². The summed E-state index contributed by atoms with van der Waals surface area (Å²) in [5.41, 5.74) is 5.37. The van der Waals surface area contributed by atoms with E-state index in [-0.39, 0.29) is 11.8 Å². The van der Waals surface area contributed by atoms with Crippen molar-refractivity contribution in [3.63, 3.8) is 0 Å². The van der Waals surface area contributed by atoms with E-state index in [1.165, 1.54) is 4.31 Å². The fourth-order valence-electron chi connectivity index (χ4n) is 2.95. The highest BCUT2D eigenvalue weighted by molar-refractivity contribution is 7.89. The quantitative estimate of drug-likeness (QED) is 0.767. The molecule has 1 aliphatic carbocycles. The van der Waals surface area contributed by atoms with Gasteiger partial charge in [0.1, 0.15) is 0 Å². The van der Waals surface area contributed by atoms with E-state index in [9.17, 15) is 13.2 Å². The number of hydrogen-bond donors (Lipinski definition) is 1. The van der Waals surface area contributed by atoms with Gasteiger partial charge in [0.15, 0.2) is 0 Å². The Bertz CT molecular complexity index is 432. The van der Waals surface area contributed by atoms with Crippen LogP contribution in [0.2, 0.25) is 0 Å². The zero-order valence-electron chi connectivity index (χ0n) is 11.4. The molecule has 1 aliphatic heterocycles. The number of hydrogen-bond acceptors (Lipinski definition) is 4. The molecule has 110 valence electrons. The largest absolute Gasteiger partial charge is 0.369 e. The second kappa shape index (κ2) is 5.76. The molecule has 6 nitrogen and oxygen atoms in total. The molecule has 0 bridgehead atoms. The smallest absolute Gasteiger partial charge is 0.223 e. The third-order valence-electron chi connectivity index (χ3n) is 4.17. The normalized spacial score (nSPS) is 28.4. The van der Waals surface area contributed by atoms with Crippen LogP contribution in [0.3, 0.4) is 0 Å². The van der Waals surface area contributed by atoms with Crippen LogP contribution < -0.4 is 5.73 Å². The van der Waals surface area contributed by atoms with E-state index in [1.54, 1.807) is 0 Å². The summed E-state index contributed by atoms with van der Waals surface area (Å²) in [4.78, 5) is 13.4. The van der Waals surface area contributed by atoms with Gasteiger partial charge in [-0.25, -0.2) is 8.42 Å². The van der Waals surface area contributed by atoms with Gasteiger partial charge in [-0.15, -0.1) is 0 Å². The molecule has 1 amide bonds. The van der Waals surface area contributed by atoms with Crippen molar-refractivity contribution in [2.75, 3.05) is 33.2 Å². The molecule has 2 aliphatic rings. The SMILES string of the molecule is CN1CCN(S(=O)(=O)C2CCCC2)C[C@H](C(N)=O)C1. The van der Waals surface area contributed by atoms with Crippen LogP contribution in [-0.4, -0.2) is 62.0 Å². The topological polar surface area (TPSA) is 83.7 Å². The molecule has 0 aromatic carbocycles. The van der Waals surface area contributed by atoms with E-state index in [0.717, 1.165) is 25.7 Å². The maximum atomic E-state index is 12.6. The maximum Gasteiger partial charge on any atom is 0.223 e. The average molecular weight is 289 g/mol. The highest BCUT2D eigenvalue weighted by atomic mass is 32.2. The van der Waals surface area contributed by atoms with E-state index in [4.69, 9.17) is 5.73 Å². The summed E-state index contributed by atoms with van der Waals surface area (Å²) in [5, 5.41) is -0.260. The van der Waals surface area contributed by atoms with Crippen molar-refractivity contribution in [3.05, 3.63) is 0 Å². The maximum absolute atomic E-state index is 12.6. The van der Waals surface area contributed by atoms with Crippen LogP contribution in [-0.2, 0) is 14.8 Å². The van der Waals surface area contributed by atoms with Gasteiger partial charge in [0.2, 0.25) is 15.9 Å². The Labute approximate surface area is 115 Å². The van der Waals surface area contributed by atoms with Crippen molar-refractivity contribution in [2.24, 2.45) is 11.7 Å². The summed E-state index contributed by atoms with van der Waals surface area (Å²) in [6.45, 7) is 1.87. The Kier molecular flexibility index (Phi) is 4.47. The van der Waals surface area contributed by atoms with Gasteiger partial charge in [-0.1, -0.05) is 12.8 Å². The van der Waals surface area contributed by atoms with Crippen LogP contribution in [0.4, 0.5) is 0 Å². The van der Waals surface area contributed by atoms with Crippen LogP contribution >= 0.6 is 0 Å². The molecule has 1 saturated carbocycles. The molecular weight excluding hydrogens is 266 g/mol. The molecule has 1 heterocycles. The van der Waals surface area contributed by atoms with Crippen LogP contribution in [0, 0.1) is 5.92 Å². The van der Waals surface area contributed by atoms with Crippen molar-refractivity contribution in [2.45, 2.75) is 30.9 Å². The third-order valence-corrected chi connectivity index (χ3v) is 6.54. The van der Waals surface area contributed by atoms with Gasteiger partial charge >= 0.3 is 0 Å². The van der Waals surface area contributed by atoms with Crippen molar-refractivity contribution >= 4 is 15.9 Å². The summed E-state index contributed by atoms with van der Waals surface area (Å²) in [6.07, 6.45) is 3.46. The summed E-state index contributed by atoms with van der Waals surface area (Å²) in [5.74, 6) is -0.830. The fraction of sp³-hybridized carbons (Fsp3) is 0.917. The molecule has 1 saturated heterocycles. The number of likely N-dealkylation sites (N-methyl/N-ethyl adjacent to an activating group) is 1. The van der Waals surface area contributed by atoms with Crippen molar-refractivity contribution in [3.8, 4) is 0 Å². The Balaban J connectivity index is 2.15. The Morgan fingerprint density at radius 1 is 1.16 bits per heavy atom. The minimum absolute atomic E-state index is 0.235. The zero-order chi connectivity index (χ0) is 14.0. The number of amides is 1. The lowest BCUT2D eigenvalue weighted by molar-refractivity contribution is -0.122. The number of primary amides is 1. The first-order valence-electron chi connectivity index (χ1n) is 6.88. The molecule has 0 aromatic rings. The molecule has 7 heteroatoms. The molecule has 2 rings (SSSR count). The number of carbonyl (C=O) groups excluding carboxylic acids is 1. The molecule has 2 fully saturated rings. The van der Waals surface area contributed by atoms with Gasteiger partial charge in [-0.2, -0.15) is 4.31 Å². The molecule has 19 heavy (non-hydrogen) atoms. The van der Waals surface area contributed by atoms with E-state index in [0.29, 0.717) is 19.6 Å². The average Bonchev–Trinajstić information content (AvgIpc) is 2.79. The number of nitrogens with two attached hydrogens (primary N) is 1. The summed E-state index contributed by atoms with van der Waals surface area (Å²) < 4.78 is 26.6. The predicted molar refractivity (Wildman–Crippen MR) is 72.9 cm³/mol. The second-order valence-electron chi connectivity index (χ2n) is 5.67. The lowest BCUT2D eigenvalue weighted by Crippen LogP contribution is -2.43. The van der Waals surface area contributed by atoms with Crippen molar-refractivity contribution in [1.82, 2.24) is 9.21 Å². The minimum Gasteiger partial charge on any atom is -0.369 e. The molecule has 0 radical (unpaired) electrons. The van der Waals surface area contributed by atoms with Gasteiger partial charge in [0.05, 0.1) is 11.2 Å². The fourth-order valence-corrected chi connectivity index (χ4v) is 5.03. The van der Waals surface area contributed by atoms with E-state index in [1.807, 2.05) is 11.9 Å². The van der Waals surface area contributed by atoms with Crippen LogP contribution in [0.5, 0.6) is 0 Å². The van der Waals surface area contributed by atoms with E-state index in [2.05, 4.69) is 0 Å². The molecule has 0 spiro atoms. The highest BCUT2D eigenvalue weighted by Crippen LogP contribution is 2.28. The number of sulfonamides is 1. The van der Waals surface area contributed by atoms with Gasteiger partial charge in [-0.05, 0) is 19.9 Å². The van der Waals surface area contributed by atoms with Crippen molar-refractivity contribution in [1.29, 1.82) is 0 Å². The summed E-state index contributed by atoms with van der Waals surface area (Å²) >= 11 is 0. The molecular formula is C12H23N3O3S. The van der Waals surface area contributed by atoms with Crippen LogP contribution in [0.25, 0.3) is 0 Å². The second-order valence-corrected chi connectivity index (χ2v) is 7.88. The summed E-state index contributed by atoms with van der Waals surface area (Å²) in [7, 11) is -1.39. The molecule has 0 aromatic heterocycles. The summed E-state index contributed by atoms with van der Waals surface area (Å²) in [6, 6.07) is 0. The lowest BCUT2D eigenvalue weighted by Gasteiger charge is -2.25. The van der Waals surface area contributed by atoms with Gasteiger partial charge in [0, 0.05) is 26.2 Å². The third kappa shape index (κ3) is 3.27. The number of rotatable bonds is 3. The van der Waals surface area contributed by atoms with Crippen LogP contribution in [0.1, 0.15) is 25.7 Å². The molecule has 0 unspecified atom stereocenters. The Hall–Kier alpha value is -0.660. The van der Waals surface area contributed by atoms with Gasteiger partial charge < -0.3 is 10.6 Å². The number of carbonyl (C=O) groups is 1. The van der Waals surface area contributed by atoms with E-state index >= 15 is 0 Å².